The molecule has 0 saturated heterocycles. The van der Waals surface area contributed by atoms with Gasteiger partial charge < -0.3 is 4.90 Å². The summed E-state index contributed by atoms with van der Waals surface area (Å²) in [6.07, 6.45) is 5.39. The van der Waals surface area contributed by atoms with Gasteiger partial charge in [0.15, 0.2) is 0 Å². The van der Waals surface area contributed by atoms with E-state index in [9.17, 15) is 0 Å². The normalized spacial score (nSPS) is 16.0. The Kier molecular flexibility index (Phi) is 4.16. The molecule has 1 aliphatic rings. The minimum absolute atomic E-state index is 0.705. The topological polar surface area (TPSA) is 3.24 Å². The van der Waals surface area contributed by atoms with Crippen molar-refractivity contribution in [3.05, 3.63) is 34.3 Å². The van der Waals surface area contributed by atoms with Gasteiger partial charge in [-0.05, 0) is 49.9 Å². The number of benzene rings is 1. The van der Waals surface area contributed by atoms with Gasteiger partial charge in [0.05, 0.1) is 0 Å². The molecule has 0 unspecified atom stereocenters. The molecule has 98 valence electrons. The predicted octanol–water partition coefficient (Wildman–Crippen LogP) is 5.17. The number of allylic oxidation sites excluding steroid dienone is 1. The fourth-order valence-corrected chi connectivity index (χ4v) is 3.41. The van der Waals surface area contributed by atoms with Crippen molar-refractivity contribution in [2.24, 2.45) is 0 Å². The predicted molar refractivity (Wildman–Crippen MR) is 84.2 cm³/mol. The van der Waals surface area contributed by atoms with Crippen LogP contribution in [0.1, 0.15) is 43.7 Å². The number of nitrogens with zero attached hydrogens (tertiary/aromatic N) is 1. The first-order valence-corrected chi connectivity index (χ1v) is 7.49. The highest BCUT2D eigenvalue weighted by Crippen LogP contribution is 2.34. The third-order valence-corrected chi connectivity index (χ3v) is 4.52. The largest absolute Gasteiger partial charge is 0.371 e. The number of rotatable bonds is 3. The van der Waals surface area contributed by atoms with Crippen LogP contribution < -0.4 is 4.90 Å². The van der Waals surface area contributed by atoms with E-state index >= 15 is 0 Å². The molecule has 0 radical (unpaired) electrons. The van der Waals surface area contributed by atoms with Crippen molar-refractivity contribution in [1.29, 1.82) is 0 Å². The molecule has 1 aromatic rings. The van der Waals surface area contributed by atoms with Crippen LogP contribution in [0.15, 0.2) is 23.2 Å². The van der Waals surface area contributed by atoms with Gasteiger partial charge in [-0.25, -0.2) is 0 Å². The Morgan fingerprint density at radius 3 is 2.50 bits per heavy atom. The SMILES string of the molecule is C=C(C)c1cc(Br)cc(N(C)C2CCCC2)c1C. The lowest BCUT2D eigenvalue weighted by Gasteiger charge is -2.29. The number of halogens is 1. The minimum Gasteiger partial charge on any atom is -0.371 e. The van der Waals surface area contributed by atoms with Gasteiger partial charge in [0.25, 0.3) is 0 Å². The van der Waals surface area contributed by atoms with Gasteiger partial charge in [0.2, 0.25) is 0 Å². The first-order chi connectivity index (χ1) is 8.50. The molecule has 1 saturated carbocycles. The summed E-state index contributed by atoms with van der Waals surface area (Å²) < 4.78 is 1.14. The maximum absolute atomic E-state index is 4.09. The lowest BCUT2D eigenvalue weighted by molar-refractivity contribution is 0.652. The van der Waals surface area contributed by atoms with E-state index in [0.717, 1.165) is 10.0 Å². The highest BCUT2D eigenvalue weighted by atomic mass is 79.9. The first kappa shape index (κ1) is 13.7. The van der Waals surface area contributed by atoms with E-state index in [2.05, 4.69) is 60.4 Å². The molecule has 1 fully saturated rings. The van der Waals surface area contributed by atoms with Crippen LogP contribution in [0.5, 0.6) is 0 Å². The number of hydrogen-bond acceptors (Lipinski definition) is 1. The van der Waals surface area contributed by atoms with Crippen molar-refractivity contribution in [3.8, 4) is 0 Å². The van der Waals surface area contributed by atoms with E-state index in [4.69, 9.17) is 0 Å². The van der Waals surface area contributed by atoms with Crippen molar-refractivity contribution in [1.82, 2.24) is 0 Å². The summed E-state index contributed by atoms with van der Waals surface area (Å²) >= 11 is 3.62. The molecule has 0 aliphatic heterocycles. The van der Waals surface area contributed by atoms with E-state index in [1.54, 1.807) is 0 Å². The standard InChI is InChI=1S/C16H22BrN/c1-11(2)15-9-13(17)10-16(12(15)3)18(4)14-7-5-6-8-14/h9-10,14H,1,5-8H2,2-4H3. The molecule has 0 N–H and O–H groups in total. The second-order valence-corrected chi connectivity index (χ2v) is 6.34. The third kappa shape index (κ3) is 2.64. The Hall–Kier alpha value is -0.760. The molecule has 1 aromatic carbocycles. The van der Waals surface area contributed by atoms with E-state index < -0.39 is 0 Å². The zero-order valence-electron chi connectivity index (χ0n) is 11.6. The van der Waals surface area contributed by atoms with Gasteiger partial charge in [-0.1, -0.05) is 40.9 Å². The van der Waals surface area contributed by atoms with Crippen LogP contribution in [0.25, 0.3) is 5.57 Å². The molecule has 0 heterocycles. The maximum atomic E-state index is 4.09. The van der Waals surface area contributed by atoms with Gasteiger partial charge in [-0.2, -0.15) is 0 Å². The van der Waals surface area contributed by atoms with E-state index in [1.165, 1.54) is 42.5 Å². The van der Waals surface area contributed by atoms with Crippen molar-refractivity contribution in [2.45, 2.75) is 45.6 Å². The van der Waals surface area contributed by atoms with Crippen LogP contribution in [0.4, 0.5) is 5.69 Å². The monoisotopic (exact) mass is 307 g/mol. The Morgan fingerprint density at radius 1 is 1.33 bits per heavy atom. The van der Waals surface area contributed by atoms with Gasteiger partial charge in [0, 0.05) is 23.2 Å². The van der Waals surface area contributed by atoms with Crippen molar-refractivity contribution in [3.63, 3.8) is 0 Å². The Labute approximate surface area is 119 Å². The van der Waals surface area contributed by atoms with Gasteiger partial charge in [0.1, 0.15) is 0 Å². The Morgan fingerprint density at radius 2 is 1.94 bits per heavy atom. The molecular weight excluding hydrogens is 286 g/mol. The zero-order chi connectivity index (χ0) is 13.3. The summed E-state index contributed by atoms with van der Waals surface area (Å²) in [5.74, 6) is 0. The fraction of sp³-hybridized carbons (Fsp3) is 0.500. The average molecular weight is 308 g/mol. The molecule has 1 nitrogen and oxygen atoms in total. The van der Waals surface area contributed by atoms with Gasteiger partial charge in [-0.15, -0.1) is 0 Å². The number of anilines is 1. The molecule has 18 heavy (non-hydrogen) atoms. The average Bonchev–Trinajstić information content (AvgIpc) is 2.84. The second-order valence-electron chi connectivity index (χ2n) is 5.43. The summed E-state index contributed by atoms with van der Waals surface area (Å²) in [5, 5.41) is 0. The Bertz CT molecular complexity index is 458. The summed E-state index contributed by atoms with van der Waals surface area (Å²) in [5.41, 5.74) is 5.09. The summed E-state index contributed by atoms with van der Waals surface area (Å²) in [7, 11) is 2.23. The molecule has 0 spiro atoms. The third-order valence-electron chi connectivity index (χ3n) is 4.06. The van der Waals surface area contributed by atoms with Crippen LogP contribution in [-0.4, -0.2) is 13.1 Å². The molecule has 0 aromatic heterocycles. The fourth-order valence-electron chi connectivity index (χ4n) is 2.96. The molecule has 0 bridgehead atoms. The first-order valence-electron chi connectivity index (χ1n) is 6.69. The van der Waals surface area contributed by atoms with Crippen LogP contribution in [0, 0.1) is 6.92 Å². The van der Waals surface area contributed by atoms with E-state index in [-0.39, 0.29) is 0 Å². The van der Waals surface area contributed by atoms with Crippen molar-refractivity contribution in [2.75, 3.05) is 11.9 Å². The quantitative estimate of drug-likeness (QED) is 0.744. The van der Waals surface area contributed by atoms with E-state index in [1.807, 2.05) is 0 Å². The van der Waals surface area contributed by atoms with Crippen molar-refractivity contribution < 1.29 is 0 Å². The summed E-state index contributed by atoms with van der Waals surface area (Å²) in [4.78, 5) is 2.46. The number of hydrogen-bond donors (Lipinski definition) is 0. The summed E-state index contributed by atoms with van der Waals surface area (Å²) in [6, 6.07) is 5.11. The minimum atomic E-state index is 0.705. The highest BCUT2D eigenvalue weighted by molar-refractivity contribution is 9.10. The zero-order valence-corrected chi connectivity index (χ0v) is 13.2. The molecule has 0 amide bonds. The van der Waals surface area contributed by atoms with Crippen LogP contribution in [0.2, 0.25) is 0 Å². The highest BCUT2D eigenvalue weighted by Gasteiger charge is 2.22. The van der Waals surface area contributed by atoms with Crippen LogP contribution >= 0.6 is 15.9 Å². The van der Waals surface area contributed by atoms with Crippen molar-refractivity contribution >= 4 is 27.2 Å². The molecule has 2 rings (SSSR count). The lowest BCUT2D eigenvalue weighted by atomic mass is 10.00. The van der Waals surface area contributed by atoms with Gasteiger partial charge >= 0.3 is 0 Å². The van der Waals surface area contributed by atoms with Crippen LogP contribution in [-0.2, 0) is 0 Å². The molecule has 2 heteroatoms. The van der Waals surface area contributed by atoms with Gasteiger partial charge in [-0.3, -0.25) is 0 Å². The molecular formula is C16H22BrN. The Balaban J connectivity index is 2.40. The van der Waals surface area contributed by atoms with Crippen LogP contribution in [0.3, 0.4) is 0 Å². The lowest BCUT2D eigenvalue weighted by Crippen LogP contribution is -2.29. The molecule has 0 atom stereocenters. The smallest absolute Gasteiger partial charge is 0.0413 e. The molecule has 1 aliphatic carbocycles. The van der Waals surface area contributed by atoms with E-state index in [0.29, 0.717) is 6.04 Å². The second kappa shape index (κ2) is 5.48. The maximum Gasteiger partial charge on any atom is 0.0413 e. The summed E-state index contributed by atoms with van der Waals surface area (Å²) in [6.45, 7) is 8.37.